The topological polar surface area (TPSA) is 89.9 Å². The van der Waals surface area contributed by atoms with E-state index in [0.29, 0.717) is 30.6 Å². The SMILES string of the molecule is Cc1cc(OC2CCS(=O)(=O)CC2)cc(C)c1-c1cccc(COCc2ccc(CCC(=O)O)c(F)c2)c1. The predicted octanol–water partition coefficient (Wildman–Crippen LogP) is 5.80. The van der Waals surface area contributed by atoms with Gasteiger partial charge in [0.25, 0.3) is 0 Å². The van der Waals surface area contributed by atoms with Gasteiger partial charge in [0.1, 0.15) is 17.7 Å². The molecule has 0 saturated carbocycles. The minimum Gasteiger partial charge on any atom is -0.490 e. The number of aliphatic carboxylic acids is 1. The van der Waals surface area contributed by atoms with Gasteiger partial charge in [-0.15, -0.1) is 0 Å². The third-order valence-corrected chi connectivity index (χ3v) is 8.50. The molecule has 1 heterocycles. The van der Waals surface area contributed by atoms with Crippen molar-refractivity contribution in [3.8, 4) is 16.9 Å². The zero-order valence-electron chi connectivity index (χ0n) is 21.7. The molecule has 3 aromatic rings. The molecule has 0 aromatic heterocycles. The Bertz CT molecular complexity index is 1380. The van der Waals surface area contributed by atoms with Gasteiger partial charge >= 0.3 is 5.97 Å². The van der Waals surface area contributed by atoms with Crippen LogP contribution < -0.4 is 4.74 Å². The summed E-state index contributed by atoms with van der Waals surface area (Å²) < 4.78 is 49.6. The highest BCUT2D eigenvalue weighted by Gasteiger charge is 2.25. The number of sulfone groups is 1. The fourth-order valence-electron chi connectivity index (χ4n) is 4.85. The number of halogens is 1. The molecule has 0 spiro atoms. The molecule has 0 unspecified atom stereocenters. The van der Waals surface area contributed by atoms with Crippen molar-refractivity contribution in [3.63, 3.8) is 0 Å². The van der Waals surface area contributed by atoms with E-state index in [9.17, 15) is 17.6 Å². The summed E-state index contributed by atoms with van der Waals surface area (Å²) in [5, 5.41) is 8.79. The molecule has 0 radical (unpaired) electrons. The number of ether oxygens (including phenoxy) is 2. The van der Waals surface area contributed by atoms with Crippen molar-refractivity contribution in [2.45, 2.75) is 58.8 Å². The highest BCUT2D eigenvalue weighted by atomic mass is 32.2. The van der Waals surface area contributed by atoms with Crippen molar-refractivity contribution in [3.05, 3.63) is 88.2 Å². The Morgan fingerprint density at radius 2 is 1.63 bits per heavy atom. The summed E-state index contributed by atoms with van der Waals surface area (Å²) in [5.74, 6) is -0.256. The van der Waals surface area contributed by atoms with Crippen LogP contribution >= 0.6 is 0 Å². The fraction of sp³-hybridized carbons (Fsp3) is 0.367. The Balaban J connectivity index is 1.38. The fourth-order valence-corrected chi connectivity index (χ4v) is 6.30. The maximum atomic E-state index is 14.3. The van der Waals surface area contributed by atoms with Crippen molar-refractivity contribution >= 4 is 15.8 Å². The Labute approximate surface area is 223 Å². The molecule has 8 heteroatoms. The minimum absolute atomic E-state index is 0.0851. The first-order chi connectivity index (χ1) is 18.1. The van der Waals surface area contributed by atoms with E-state index in [2.05, 4.69) is 12.1 Å². The number of carboxylic acids is 1. The molecular formula is C30H33FO6S. The summed E-state index contributed by atoms with van der Waals surface area (Å²) in [7, 11) is -2.93. The van der Waals surface area contributed by atoms with Gasteiger partial charge in [-0.2, -0.15) is 0 Å². The number of benzene rings is 3. The summed E-state index contributed by atoms with van der Waals surface area (Å²) in [6, 6.07) is 16.9. The van der Waals surface area contributed by atoms with Crippen LogP contribution in [0.4, 0.5) is 4.39 Å². The molecule has 0 atom stereocenters. The largest absolute Gasteiger partial charge is 0.490 e. The molecule has 0 bridgehead atoms. The van der Waals surface area contributed by atoms with Crippen molar-refractivity contribution in [2.24, 2.45) is 0 Å². The summed E-state index contributed by atoms with van der Waals surface area (Å²) in [6.45, 7) is 4.68. The molecule has 4 rings (SSSR count). The second kappa shape index (κ2) is 12.1. The average Bonchev–Trinajstić information content (AvgIpc) is 2.85. The van der Waals surface area contributed by atoms with Crippen LogP contribution in [-0.4, -0.2) is 37.1 Å². The first-order valence-corrected chi connectivity index (χ1v) is 14.6. The maximum absolute atomic E-state index is 14.3. The van der Waals surface area contributed by atoms with Crippen molar-refractivity contribution in [1.29, 1.82) is 0 Å². The van der Waals surface area contributed by atoms with Crippen LogP contribution in [0.3, 0.4) is 0 Å². The van der Waals surface area contributed by atoms with E-state index in [0.717, 1.165) is 33.6 Å². The number of rotatable bonds is 10. The molecule has 1 aliphatic heterocycles. The lowest BCUT2D eigenvalue weighted by Gasteiger charge is -2.24. The monoisotopic (exact) mass is 540 g/mol. The average molecular weight is 541 g/mol. The number of carboxylic acid groups (broad SMARTS) is 1. The van der Waals surface area contributed by atoms with Gasteiger partial charge < -0.3 is 14.6 Å². The first-order valence-electron chi connectivity index (χ1n) is 12.7. The van der Waals surface area contributed by atoms with Gasteiger partial charge in [0.2, 0.25) is 0 Å². The highest BCUT2D eigenvalue weighted by molar-refractivity contribution is 7.91. The van der Waals surface area contributed by atoms with E-state index >= 15 is 0 Å². The predicted molar refractivity (Wildman–Crippen MR) is 145 cm³/mol. The van der Waals surface area contributed by atoms with Crippen molar-refractivity contribution in [1.82, 2.24) is 0 Å². The summed E-state index contributed by atoms with van der Waals surface area (Å²) in [6.07, 6.45) is 1.01. The van der Waals surface area contributed by atoms with Gasteiger partial charge in [0, 0.05) is 6.42 Å². The zero-order chi connectivity index (χ0) is 27.3. The number of hydrogen-bond acceptors (Lipinski definition) is 5. The molecule has 6 nitrogen and oxygen atoms in total. The van der Waals surface area contributed by atoms with Crippen LogP contribution in [-0.2, 0) is 39.0 Å². The highest BCUT2D eigenvalue weighted by Crippen LogP contribution is 2.33. The van der Waals surface area contributed by atoms with Crippen LogP contribution in [0, 0.1) is 19.7 Å². The molecular weight excluding hydrogens is 507 g/mol. The number of hydrogen-bond donors (Lipinski definition) is 1. The smallest absolute Gasteiger partial charge is 0.303 e. The van der Waals surface area contributed by atoms with Crippen LogP contribution in [0.1, 0.15) is 47.1 Å². The Morgan fingerprint density at radius 3 is 2.26 bits per heavy atom. The third kappa shape index (κ3) is 7.42. The van der Waals surface area contributed by atoms with Crippen LogP contribution in [0.15, 0.2) is 54.6 Å². The molecule has 38 heavy (non-hydrogen) atoms. The standard InChI is InChI=1S/C30H33FO6S/c1-20-14-27(37-26-10-12-38(34,35)13-11-26)15-21(2)30(20)25-5-3-4-22(16-25)18-36-19-23-6-7-24(28(31)17-23)8-9-29(32)33/h3-7,14-17,26H,8-13,18-19H2,1-2H3,(H,32,33). The van der Waals surface area contributed by atoms with Crippen LogP contribution in [0.2, 0.25) is 0 Å². The molecule has 1 saturated heterocycles. The van der Waals surface area contributed by atoms with Gasteiger partial charge in [0.05, 0.1) is 24.7 Å². The second-order valence-electron chi connectivity index (χ2n) is 9.91. The quantitative estimate of drug-likeness (QED) is 0.350. The number of carbonyl (C=O) groups is 1. The van der Waals surface area contributed by atoms with Crippen LogP contribution in [0.25, 0.3) is 11.1 Å². The minimum atomic E-state index is -2.93. The van der Waals surface area contributed by atoms with E-state index in [1.165, 1.54) is 6.07 Å². The van der Waals surface area contributed by atoms with Gasteiger partial charge in [0.15, 0.2) is 9.84 Å². The Morgan fingerprint density at radius 1 is 0.974 bits per heavy atom. The lowest BCUT2D eigenvalue weighted by atomic mass is 9.94. The summed E-state index contributed by atoms with van der Waals surface area (Å²) in [5.41, 5.74) is 6.38. The lowest BCUT2D eigenvalue weighted by molar-refractivity contribution is -0.136. The lowest BCUT2D eigenvalue weighted by Crippen LogP contribution is -2.30. The first kappa shape index (κ1) is 27.8. The summed E-state index contributed by atoms with van der Waals surface area (Å²) >= 11 is 0. The van der Waals surface area contributed by atoms with Crippen LogP contribution in [0.5, 0.6) is 5.75 Å². The van der Waals surface area contributed by atoms with Gasteiger partial charge in [-0.3, -0.25) is 4.79 Å². The van der Waals surface area contributed by atoms with E-state index in [4.69, 9.17) is 14.6 Å². The van der Waals surface area contributed by atoms with Crippen molar-refractivity contribution < 1.29 is 32.2 Å². The third-order valence-electron chi connectivity index (χ3n) is 6.79. The molecule has 0 aliphatic carbocycles. The zero-order valence-corrected chi connectivity index (χ0v) is 22.5. The van der Waals surface area contributed by atoms with Gasteiger partial charge in [-0.1, -0.05) is 30.3 Å². The van der Waals surface area contributed by atoms with E-state index in [1.807, 2.05) is 38.1 Å². The van der Waals surface area contributed by atoms with Gasteiger partial charge in [-0.25, -0.2) is 12.8 Å². The number of aryl methyl sites for hydroxylation is 3. The molecule has 0 amide bonds. The second-order valence-corrected chi connectivity index (χ2v) is 12.2. The van der Waals surface area contributed by atoms with E-state index < -0.39 is 21.6 Å². The molecule has 1 fully saturated rings. The Kier molecular flexibility index (Phi) is 8.84. The Hall–Kier alpha value is -3.23. The summed E-state index contributed by atoms with van der Waals surface area (Å²) in [4.78, 5) is 10.7. The molecule has 1 N–H and O–H groups in total. The molecule has 202 valence electrons. The molecule has 3 aromatic carbocycles. The van der Waals surface area contributed by atoms with E-state index in [1.54, 1.807) is 12.1 Å². The normalized spacial score (nSPS) is 15.3. The van der Waals surface area contributed by atoms with Gasteiger partial charge in [-0.05, 0) is 96.3 Å². The van der Waals surface area contributed by atoms with Crippen molar-refractivity contribution in [2.75, 3.05) is 11.5 Å². The molecule has 1 aliphatic rings. The maximum Gasteiger partial charge on any atom is 0.303 e. The van der Waals surface area contributed by atoms with E-state index in [-0.39, 0.29) is 37.1 Å².